The second-order valence-corrected chi connectivity index (χ2v) is 6.48. The van der Waals surface area contributed by atoms with Gasteiger partial charge in [-0.1, -0.05) is 41.5 Å². The summed E-state index contributed by atoms with van der Waals surface area (Å²) in [5.41, 5.74) is -0.529. The number of carbonyl (C=O) groups excluding carboxylic acids is 1. The van der Waals surface area contributed by atoms with Gasteiger partial charge in [-0.15, -0.1) is 0 Å². The number of amides is 1. The van der Waals surface area contributed by atoms with Crippen molar-refractivity contribution in [3.8, 4) is 0 Å². The third-order valence-corrected chi connectivity index (χ3v) is 2.84. The second-order valence-electron chi connectivity index (χ2n) is 6.48. The summed E-state index contributed by atoms with van der Waals surface area (Å²) < 4.78 is 0. The van der Waals surface area contributed by atoms with Crippen molar-refractivity contribution in [1.29, 1.82) is 0 Å². The maximum absolute atomic E-state index is 12.1. The molecule has 1 atom stereocenters. The van der Waals surface area contributed by atoms with Gasteiger partial charge in [-0.25, -0.2) is 4.79 Å². The number of hydrogen-bond donors (Lipinski definition) is 2. The number of carboxylic acid groups (broad SMARTS) is 1. The number of rotatable bonds is 7. The van der Waals surface area contributed by atoms with E-state index in [0.717, 1.165) is 6.42 Å². The molecule has 4 nitrogen and oxygen atoms in total. The maximum Gasteiger partial charge on any atom is 0.326 e. The van der Waals surface area contributed by atoms with Crippen LogP contribution in [0.4, 0.5) is 0 Å². The smallest absolute Gasteiger partial charge is 0.326 e. The van der Waals surface area contributed by atoms with Gasteiger partial charge in [0, 0.05) is 5.41 Å². The third kappa shape index (κ3) is 6.03. The zero-order valence-electron chi connectivity index (χ0n) is 12.4. The molecular formula is C14H27NO3. The Bertz CT molecular complexity index is 295. The summed E-state index contributed by atoms with van der Waals surface area (Å²) in [6.07, 6.45) is 1.20. The highest BCUT2D eigenvalue weighted by Gasteiger charge is 2.32. The first kappa shape index (κ1) is 16.9. The van der Waals surface area contributed by atoms with Crippen LogP contribution in [0, 0.1) is 17.3 Å². The van der Waals surface area contributed by atoms with Crippen LogP contribution >= 0.6 is 0 Å². The lowest BCUT2D eigenvalue weighted by Gasteiger charge is -2.28. The molecule has 2 N–H and O–H groups in total. The topological polar surface area (TPSA) is 66.4 Å². The van der Waals surface area contributed by atoms with Gasteiger partial charge in [-0.2, -0.15) is 0 Å². The lowest BCUT2D eigenvalue weighted by atomic mass is 9.83. The van der Waals surface area contributed by atoms with Gasteiger partial charge in [0.15, 0.2) is 0 Å². The normalized spacial score (nSPS) is 13.8. The molecular weight excluding hydrogens is 230 g/mol. The minimum Gasteiger partial charge on any atom is -0.480 e. The van der Waals surface area contributed by atoms with Crippen LogP contribution in [0.5, 0.6) is 0 Å². The fraction of sp³-hybridized carbons (Fsp3) is 0.857. The van der Waals surface area contributed by atoms with Crippen LogP contribution in [0.15, 0.2) is 0 Å². The summed E-state index contributed by atoms with van der Waals surface area (Å²) in [5.74, 6) is -0.500. The summed E-state index contributed by atoms with van der Waals surface area (Å²) in [4.78, 5) is 23.2. The lowest BCUT2D eigenvalue weighted by molar-refractivity contribution is -0.144. The van der Waals surface area contributed by atoms with Crippen LogP contribution in [-0.4, -0.2) is 23.0 Å². The zero-order valence-corrected chi connectivity index (χ0v) is 12.4. The fourth-order valence-electron chi connectivity index (χ4n) is 2.16. The molecule has 18 heavy (non-hydrogen) atoms. The molecule has 106 valence electrons. The Kier molecular flexibility index (Phi) is 6.36. The quantitative estimate of drug-likeness (QED) is 0.737. The molecule has 0 spiro atoms. The number of aliphatic carboxylic acids is 1. The largest absolute Gasteiger partial charge is 0.480 e. The van der Waals surface area contributed by atoms with Gasteiger partial charge in [0.1, 0.15) is 6.04 Å². The maximum atomic E-state index is 12.1. The number of nitrogens with one attached hydrogen (secondary N) is 1. The fourth-order valence-corrected chi connectivity index (χ4v) is 2.16. The van der Waals surface area contributed by atoms with Gasteiger partial charge in [-0.3, -0.25) is 4.79 Å². The van der Waals surface area contributed by atoms with E-state index >= 15 is 0 Å². The molecule has 0 unspecified atom stereocenters. The van der Waals surface area contributed by atoms with E-state index in [0.29, 0.717) is 12.3 Å². The Morgan fingerprint density at radius 3 is 1.94 bits per heavy atom. The SMILES string of the molecule is CC(C)C[C@@H](NC(=O)C(C)(C)CC(C)C)C(=O)O. The zero-order chi connectivity index (χ0) is 14.5. The highest BCUT2D eigenvalue weighted by atomic mass is 16.4. The Morgan fingerprint density at radius 2 is 1.61 bits per heavy atom. The number of carboxylic acids is 1. The van der Waals surface area contributed by atoms with E-state index in [1.54, 1.807) is 0 Å². The first-order chi connectivity index (χ1) is 8.06. The van der Waals surface area contributed by atoms with Crippen molar-refractivity contribution in [3.05, 3.63) is 0 Å². The van der Waals surface area contributed by atoms with E-state index in [1.807, 2.05) is 27.7 Å². The molecule has 0 saturated carbocycles. The van der Waals surface area contributed by atoms with Crippen molar-refractivity contribution in [2.24, 2.45) is 17.3 Å². The summed E-state index contributed by atoms with van der Waals surface area (Å²) in [6, 6.07) is -0.788. The molecule has 0 bridgehead atoms. The van der Waals surface area contributed by atoms with E-state index in [9.17, 15) is 9.59 Å². The molecule has 0 radical (unpaired) electrons. The van der Waals surface area contributed by atoms with Gasteiger partial charge in [0.25, 0.3) is 0 Å². The Morgan fingerprint density at radius 1 is 1.11 bits per heavy atom. The predicted molar refractivity (Wildman–Crippen MR) is 72.3 cm³/mol. The number of hydrogen-bond acceptors (Lipinski definition) is 2. The summed E-state index contributed by atoms with van der Waals surface area (Å²) in [5, 5.41) is 11.8. The molecule has 0 saturated heterocycles. The first-order valence-electron chi connectivity index (χ1n) is 6.60. The van der Waals surface area contributed by atoms with Crippen LogP contribution in [0.2, 0.25) is 0 Å². The number of carbonyl (C=O) groups is 2. The predicted octanol–water partition coefficient (Wildman–Crippen LogP) is 2.67. The molecule has 0 aliphatic carbocycles. The molecule has 0 heterocycles. The van der Waals surface area contributed by atoms with Crippen LogP contribution in [0.1, 0.15) is 54.4 Å². The van der Waals surface area contributed by atoms with Crippen LogP contribution in [0.25, 0.3) is 0 Å². The highest BCUT2D eigenvalue weighted by Crippen LogP contribution is 2.25. The van der Waals surface area contributed by atoms with Gasteiger partial charge >= 0.3 is 5.97 Å². The summed E-state index contributed by atoms with van der Waals surface area (Å²) in [6.45, 7) is 11.7. The Balaban J connectivity index is 4.63. The Labute approximate surface area is 110 Å². The van der Waals surface area contributed by atoms with Gasteiger partial charge < -0.3 is 10.4 Å². The third-order valence-electron chi connectivity index (χ3n) is 2.84. The standard InChI is InChI=1S/C14H27NO3/c1-9(2)7-11(12(16)17)15-13(18)14(5,6)8-10(3)4/h9-11H,7-8H2,1-6H3,(H,15,18)(H,16,17)/t11-/m1/s1. The minimum atomic E-state index is -0.961. The summed E-state index contributed by atoms with van der Waals surface area (Å²) >= 11 is 0. The van der Waals surface area contributed by atoms with E-state index in [4.69, 9.17) is 5.11 Å². The molecule has 0 aromatic rings. The van der Waals surface area contributed by atoms with Crippen molar-refractivity contribution in [2.45, 2.75) is 60.4 Å². The molecule has 0 rings (SSSR count). The first-order valence-corrected chi connectivity index (χ1v) is 6.60. The van der Waals surface area contributed by atoms with Gasteiger partial charge in [0.2, 0.25) is 5.91 Å². The van der Waals surface area contributed by atoms with Crippen LogP contribution in [-0.2, 0) is 9.59 Å². The van der Waals surface area contributed by atoms with Crippen molar-refractivity contribution in [1.82, 2.24) is 5.32 Å². The van der Waals surface area contributed by atoms with E-state index in [-0.39, 0.29) is 11.8 Å². The van der Waals surface area contributed by atoms with E-state index < -0.39 is 17.4 Å². The molecule has 1 amide bonds. The molecule has 0 aromatic carbocycles. The van der Waals surface area contributed by atoms with Gasteiger partial charge in [0.05, 0.1) is 0 Å². The highest BCUT2D eigenvalue weighted by molar-refractivity contribution is 5.86. The second kappa shape index (κ2) is 6.76. The van der Waals surface area contributed by atoms with Crippen LogP contribution < -0.4 is 5.32 Å². The van der Waals surface area contributed by atoms with Gasteiger partial charge in [-0.05, 0) is 24.7 Å². The van der Waals surface area contributed by atoms with Crippen molar-refractivity contribution >= 4 is 11.9 Å². The summed E-state index contributed by atoms with van der Waals surface area (Å²) in [7, 11) is 0. The molecule has 0 aliphatic rings. The van der Waals surface area contributed by atoms with Crippen molar-refractivity contribution < 1.29 is 14.7 Å². The van der Waals surface area contributed by atoms with Crippen LogP contribution in [0.3, 0.4) is 0 Å². The van der Waals surface area contributed by atoms with Crippen molar-refractivity contribution in [3.63, 3.8) is 0 Å². The average Bonchev–Trinajstić information content (AvgIpc) is 2.13. The molecule has 0 fully saturated rings. The monoisotopic (exact) mass is 257 g/mol. The van der Waals surface area contributed by atoms with E-state index in [1.165, 1.54) is 0 Å². The van der Waals surface area contributed by atoms with E-state index in [2.05, 4.69) is 19.2 Å². The molecule has 0 aliphatic heterocycles. The Hall–Kier alpha value is -1.06. The average molecular weight is 257 g/mol. The molecule has 0 aromatic heterocycles. The lowest BCUT2D eigenvalue weighted by Crippen LogP contribution is -2.47. The molecule has 4 heteroatoms. The van der Waals surface area contributed by atoms with Crippen molar-refractivity contribution in [2.75, 3.05) is 0 Å². The minimum absolute atomic E-state index is 0.177.